The molecule has 3 heteroatoms. The Balaban J connectivity index is 2.13. The molecule has 1 aromatic carbocycles. The Morgan fingerprint density at radius 3 is 2.94 bits per heavy atom. The van der Waals surface area contributed by atoms with Crippen LogP contribution in [0.2, 0.25) is 0 Å². The van der Waals surface area contributed by atoms with E-state index in [4.69, 9.17) is 0 Å². The molecule has 0 amide bonds. The van der Waals surface area contributed by atoms with Crippen molar-refractivity contribution in [3.05, 3.63) is 34.3 Å². The van der Waals surface area contributed by atoms with Crippen LogP contribution in [0.25, 0.3) is 0 Å². The summed E-state index contributed by atoms with van der Waals surface area (Å²) in [5, 5.41) is 3.45. The SMILES string of the molecule is CCN(C1CCNC1)C(C)c1cccc(Br)c1. The molecule has 1 N–H and O–H groups in total. The summed E-state index contributed by atoms with van der Waals surface area (Å²) in [6, 6.07) is 9.84. The first-order chi connectivity index (χ1) is 8.22. The van der Waals surface area contributed by atoms with E-state index in [0.29, 0.717) is 12.1 Å². The van der Waals surface area contributed by atoms with Crippen molar-refractivity contribution >= 4 is 15.9 Å². The molecule has 17 heavy (non-hydrogen) atoms. The maximum absolute atomic E-state index is 3.55. The van der Waals surface area contributed by atoms with E-state index in [1.165, 1.54) is 16.5 Å². The molecule has 1 aliphatic rings. The van der Waals surface area contributed by atoms with Crippen molar-refractivity contribution in [1.29, 1.82) is 0 Å². The van der Waals surface area contributed by atoms with Gasteiger partial charge in [-0.3, -0.25) is 4.90 Å². The summed E-state index contributed by atoms with van der Waals surface area (Å²) < 4.78 is 1.17. The minimum absolute atomic E-state index is 0.488. The highest BCUT2D eigenvalue weighted by Gasteiger charge is 2.25. The van der Waals surface area contributed by atoms with E-state index < -0.39 is 0 Å². The average molecular weight is 297 g/mol. The zero-order valence-corrected chi connectivity index (χ0v) is 12.2. The third kappa shape index (κ3) is 3.09. The normalized spacial score (nSPS) is 22.0. The predicted octanol–water partition coefficient (Wildman–Crippen LogP) is 3.19. The van der Waals surface area contributed by atoms with Gasteiger partial charge in [0.25, 0.3) is 0 Å². The molecule has 0 radical (unpaired) electrons. The van der Waals surface area contributed by atoms with E-state index in [-0.39, 0.29) is 0 Å². The van der Waals surface area contributed by atoms with E-state index in [1.807, 2.05) is 0 Å². The number of nitrogens with zero attached hydrogens (tertiary/aromatic N) is 1. The predicted molar refractivity (Wildman–Crippen MR) is 76.2 cm³/mol. The van der Waals surface area contributed by atoms with Gasteiger partial charge in [-0.2, -0.15) is 0 Å². The van der Waals surface area contributed by atoms with Gasteiger partial charge in [0.05, 0.1) is 0 Å². The van der Waals surface area contributed by atoms with Gasteiger partial charge in [0.1, 0.15) is 0 Å². The molecule has 2 atom stereocenters. The Morgan fingerprint density at radius 2 is 2.35 bits per heavy atom. The molecule has 1 aliphatic heterocycles. The summed E-state index contributed by atoms with van der Waals surface area (Å²) in [4.78, 5) is 2.60. The number of hydrogen-bond acceptors (Lipinski definition) is 2. The van der Waals surface area contributed by atoms with Crippen LogP contribution in [0.4, 0.5) is 0 Å². The standard InChI is InChI=1S/C14H21BrN2/c1-3-17(14-7-8-16-10-14)11(2)12-5-4-6-13(15)9-12/h4-6,9,11,14,16H,3,7-8,10H2,1-2H3. The molecule has 0 spiro atoms. The lowest BCUT2D eigenvalue weighted by Gasteiger charge is -2.33. The van der Waals surface area contributed by atoms with Crippen LogP contribution in [-0.2, 0) is 0 Å². The quantitative estimate of drug-likeness (QED) is 0.918. The van der Waals surface area contributed by atoms with Gasteiger partial charge in [-0.15, -0.1) is 0 Å². The first kappa shape index (κ1) is 13.1. The molecule has 1 saturated heterocycles. The number of halogens is 1. The van der Waals surface area contributed by atoms with Crippen molar-refractivity contribution in [2.24, 2.45) is 0 Å². The topological polar surface area (TPSA) is 15.3 Å². The molecule has 1 fully saturated rings. The third-order valence-electron chi connectivity index (χ3n) is 3.70. The first-order valence-electron chi connectivity index (χ1n) is 6.44. The summed E-state index contributed by atoms with van der Waals surface area (Å²) in [5.41, 5.74) is 1.40. The van der Waals surface area contributed by atoms with Crippen LogP contribution in [0.3, 0.4) is 0 Å². The molecule has 0 saturated carbocycles. The summed E-state index contributed by atoms with van der Waals surface area (Å²) in [6.45, 7) is 7.97. The fourth-order valence-electron chi connectivity index (χ4n) is 2.73. The summed E-state index contributed by atoms with van der Waals surface area (Å²) in [7, 11) is 0. The molecular formula is C14H21BrN2. The van der Waals surface area contributed by atoms with Crippen molar-refractivity contribution in [3.63, 3.8) is 0 Å². The fourth-order valence-corrected chi connectivity index (χ4v) is 3.15. The van der Waals surface area contributed by atoms with Crippen molar-refractivity contribution in [2.45, 2.75) is 32.4 Å². The zero-order chi connectivity index (χ0) is 12.3. The number of likely N-dealkylation sites (N-methyl/N-ethyl adjacent to an activating group) is 1. The van der Waals surface area contributed by atoms with Crippen LogP contribution >= 0.6 is 15.9 Å². The monoisotopic (exact) mass is 296 g/mol. The van der Waals surface area contributed by atoms with Crippen molar-refractivity contribution < 1.29 is 0 Å². The number of hydrogen-bond donors (Lipinski definition) is 1. The highest BCUT2D eigenvalue weighted by Crippen LogP contribution is 2.26. The second kappa shape index (κ2) is 5.98. The lowest BCUT2D eigenvalue weighted by molar-refractivity contribution is 0.162. The zero-order valence-electron chi connectivity index (χ0n) is 10.6. The number of nitrogens with one attached hydrogen (secondary N) is 1. The highest BCUT2D eigenvalue weighted by molar-refractivity contribution is 9.10. The summed E-state index contributed by atoms with van der Waals surface area (Å²) in [6.07, 6.45) is 1.27. The second-order valence-corrected chi connectivity index (χ2v) is 5.62. The maximum atomic E-state index is 3.55. The molecule has 2 unspecified atom stereocenters. The van der Waals surface area contributed by atoms with Gasteiger partial charge in [-0.05, 0) is 44.1 Å². The molecule has 0 bridgehead atoms. The smallest absolute Gasteiger partial charge is 0.0323 e. The Labute approximate surface area is 113 Å². The van der Waals surface area contributed by atoms with E-state index in [9.17, 15) is 0 Å². The van der Waals surface area contributed by atoms with Gasteiger partial charge in [-0.1, -0.05) is 35.0 Å². The minimum atomic E-state index is 0.488. The molecule has 2 nitrogen and oxygen atoms in total. The van der Waals surface area contributed by atoms with Gasteiger partial charge >= 0.3 is 0 Å². The Morgan fingerprint density at radius 1 is 1.53 bits per heavy atom. The van der Waals surface area contributed by atoms with E-state index in [2.05, 4.69) is 64.3 Å². The van der Waals surface area contributed by atoms with Crippen molar-refractivity contribution in [3.8, 4) is 0 Å². The molecule has 0 aromatic heterocycles. The Kier molecular flexibility index (Phi) is 4.60. The Bertz CT molecular complexity index is 361. The molecule has 2 rings (SSSR count). The van der Waals surface area contributed by atoms with Crippen LogP contribution < -0.4 is 5.32 Å². The lowest BCUT2D eigenvalue weighted by atomic mass is 10.0. The van der Waals surface area contributed by atoms with Crippen molar-refractivity contribution in [1.82, 2.24) is 10.2 Å². The van der Waals surface area contributed by atoms with Crippen LogP contribution in [0.5, 0.6) is 0 Å². The highest BCUT2D eigenvalue weighted by atomic mass is 79.9. The maximum Gasteiger partial charge on any atom is 0.0323 e. The van der Waals surface area contributed by atoms with Gasteiger partial charge in [0.15, 0.2) is 0 Å². The van der Waals surface area contributed by atoms with Crippen LogP contribution in [0.15, 0.2) is 28.7 Å². The molecule has 0 aliphatic carbocycles. The van der Waals surface area contributed by atoms with Crippen LogP contribution in [0, 0.1) is 0 Å². The van der Waals surface area contributed by atoms with Gasteiger partial charge < -0.3 is 5.32 Å². The third-order valence-corrected chi connectivity index (χ3v) is 4.19. The van der Waals surface area contributed by atoms with E-state index >= 15 is 0 Å². The largest absolute Gasteiger partial charge is 0.315 e. The minimum Gasteiger partial charge on any atom is -0.315 e. The molecule has 1 heterocycles. The molecule has 1 aromatic rings. The fraction of sp³-hybridized carbons (Fsp3) is 0.571. The van der Waals surface area contributed by atoms with Crippen LogP contribution in [-0.4, -0.2) is 30.6 Å². The average Bonchev–Trinajstić information content (AvgIpc) is 2.83. The summed E-state index contributed by atoms with van der Waals surface area (Å²) >= 11 is 3.55. The number of benzene rings is 1. The first-order valence-corrected chi connectivity index (χ1v) is 7.23. The summed E-state index contributed by atoms with van der Waals surface area (Å²) in [5.74, 6) is 0. The number of rotatable bonds is 4. The lowest BCUT2D eigenvalue weighted by Crippen LogP contribution is -2.38. The second-order valence-electron chi connectivity index (χ2n) is 4.71. The van der Waals surface area contributed by atoms with E-state index in [1.54, 1.807) is 0 Å². The molecule has 94 valence electrons. The van der Waals surface area contributed by atoms with Crippen molar-refractivity contribution in [2.75, 3.05) is 19.6 Å². The molecular weight excluding hydrogens is 276 g/mol. The van der Waals surface area contributed by atoms with Gasteiger partial charge in [0, 0.05) is 23.1 Å². The van der Waals surface area contributed by atoms with Gasteiger partial charge in [0.2, 0.25) is 0 Å². The van der Waals surface area contributed by atoms with Gasteiger partial charge in [-0.25, -0.2) is 0 Å². The van der Waals surface area contributed by atoms with Crippen LogP contribution in [0.1, 0.15) is 31.9 Å². The Hall–Kier alpha value is -0.380. The van der Waals surface area contributed by atoms with E-state index in [0.717, 1.165) is 19.6 Å².